The van der Waals surface area contributed by atoms with E-state index in [-0.39, 0.29) is 25.6 Å². The molecule has 3 N–H and O–H groups in total. The highest BCUT2D eigenvalue weighted by Gasteiger charge is 2.31. The Balaban J connectivity index is 1.45. The number of carbonyl (C=O) groups excluding carboxylic acids is 3. The molecule has 3 aromatic carbocycles. The van der Waals surface area contributed by atoms with Crippen molar-refractivity contribution in [2.75, 3.05) is 11.9 Å². The minimum atomic E-state index is -1.22. The fourth-order valence-electron chi connectivity index (χ4n) is 4.46. The van der Waals surface area contributed by atoms with Crippen molar-refractivity contribution in [3.05, 3.63) is 89.5 Å². The van der Waals surface area contributed by atoms with Gasteiger partial charge in [0.25, 0.3) is 0 Å². The third-order valence-electron chi connectivity index (χ3n) is 6.15. The maximum atomic E-state index is 13.1. The van der Waals surface area contributed by atoms with E-state index < -0.39 is 29.6 Å². The molecule has 0 aliphatic heterocycles. The lowest BCUT2D eigenvalue weighted by atomic mass is 9.98. The van der Waals surface area contributed by atoms with E-state index in [1.165, 1.54) is 0 Å². The van der Waals surface area contributed by atoms with Gasteiger partial charge in [-0.25, -0.2) is 4.79 Å². The van der Waals surface area contributed by atoms with Gasteiger partial charge in [-0.3, -0.25) is 9.59 Å². The Kier molecular flexibility index (Phi) is 8.12. The minimum Gasteiger partial charge on any atom is -0.460 e. The lowest BCUT2D eigenvalue weighted by Crippen LogP contribution is -2.46. The number of ether oxygens (including phenoxy) is 2. The van der Waals surface area contributed by atoms with Crippen molar-refractivity contribution in [3.8, 4) is 11.1 Å². The number of anilines is 1. The normalized spacial score (nSPS) is 13.2. The number of esters is 1. The first-order valence-corrected chi connectivity index (χ1v) is 12.5. The van der Waals surface area contributed by atoms with Crippen molar-refractivity contribution in [2.24, 2.45) is 0 Å². The molecule has 4 rings (SSSR count). The summed E-state index contributed by atoms with van der Waals surface area (Å²) in [6.07, 6.45) is -1.19. The predicted octanol–water partition coefficient (Wildman–Crippen LogP) is 4.76. The Labute approximate surface area is 222 Å². The molecule has 0 aromatic heterocycles. The van der Waals surface area contributed by atoms with Gasteiger partial charge >= 0.3 is 12.1 Å². The summed E-state index contributed by atoms with van der Waals surface area (Å²) in [6.45, 7) is 5.12. The summed E-state index contributed by atoms with van der Waals surface area (Å²) in [4.78, 5) is 38.4. The molecule has 3 aromatic rings. The van der Waals surface area contributed by atoms with Gasteiger partial charge in [-0.2, -0.15) is 0 Å². The highest BCUT2D eigenvalue weighted by Crippen LogP contribution is 2.44. The number of carbonyl (C=O) groups is 3. The number of aliphatic hydroxyl groups excluding tert-OH is 1. The summed E-state index contributed by atoms with van der Waals surface area (Å²) in [5.41, 5.74) is 4.73. The first-order valence-electron chi connectivity index (χ1n) is 12.5. The van der Waals surface area contributed by atoms with E-state index in [4.69, 9.17) is 9.47 Å². The van der Waals surface area contributed by atoms with Crippen LogP contribution in [0.3, 0.4) is 0 Å². The second kappa shape index (κ2) is 11.5. The second-order valence-corrected chi connectivity index (χ2v) is 10.2. The number of amides is 2. The first-order chi connectivity index (χ1) is 18.1. The molecule has 198 valence electrons. The van der Waals surface area contributed by atoms with Crippen molar-refractivity contribution >= 4 is 23.7 Å². The van der Waals surface area contributed by atoms with Gasteiger partial charge in [0.05, 0.1) is 13.0 Å². The molecule has 1 unspecified atom stereocenters. The molecule has 0 fully saturated rings. The standard InChI is InChI=1S/C30H32N2O6/c1-30(2,3)38-27(34)16-26(28(35)31-20-14-12-19(17-33)13-15-20)32-29(36)37-18-25-23-10-6-4-8-21(23)22-9-5-7-11-24(22)25/h4-15,25-26,33H,16-18H2,1-3H3,(H,31,35)(H,32,36). The Morgan fingerprint density at radius 2 is 1.47 bits per heavy atom. The van der Waals surface area contributed by atoms with Gasteiger partial charge in [0.15, 0.2) is 0 Å². The number of hydrogen-bond acceptors (Lipinski definition) is 6. The summed E-state index contributed by atoms with van der Waals surface area (Å²) in [5.74, 6) is -1.37. The van der Waals surface area contributed by atoms with E-state index >= 15 is 0 Å². The quantitative estimate of drug-likeness (QED) is 0.372. The summed E-state index contributed by atoms with van der Waals surface area (Å²) >= 11 is 0. The Morgan fingerprint density at radius 3 is 2.03 bits per heavy atom. The van der Waals surface area contributed by atoms with E-state index in [0.29, 0.717) is 11.3 Å². The number of hydrogen-bond donors (Lipinski definition) is 3. The van der Waals surface area contributed by atoms with Gasteiger partial charge in [0, 0.05) is 11.6 Å². The molecular weight excluding hydrogens is 484 g/mol. The zero-order valence-corrected chi connectivity index (χ0v) is 21.7. The SMILES string of the molecule is CC(C)(C)OC(=O)CC(NC(=O)OCC1c2ccccc2-c2ccccc21)C(=O)Nc1ccc(CO)cc1. The van der Waals surface area contributed by atoms with Crippen LogP contribution in [0, 0.1) is 0 Å². The van der Waals surface area contributed by atoms with Crippen molar-refractivity contribution in [1.82, 2.24) is 5.32 Å². The lowest BCUT2D eigenvalue weighted by molar-refractivity contribution is -0.156. The Morgan fingerprint density at radius 1 is 0.895 bits per heavy atom. The van der Waals surface area contributed by atoms with Crippen LogP contribution in [-0.4, -0.2) is 41.3 Å². The van der Waals surface area contributed by atoms with E-state index in [2.05, 4.69) is 10.6 Å². The first kappa shape index (κ1) is 26.9. The molecule has 0 radical (unpaired) electrons. The van der Waals surface area contributed by atoms with E-state index in [1.807, 2.05) is 48.5 Å². The summed E-state index contributed by atoms with van der Waals surface area (Å²) in [5, 5.41) is 14.5. The van der Waals surface area contributed by atoms with Crippen molar-refractivity contribution < 1.29 is 29.0 Å². The second-order valence-electron chi connectivity index (χ2n) is 10.2. The topological polar surface area (TPSA) is 114 Å². The van der Waals surface area contributed by atoms with Crippen LogP contribution in [0.1, 0.15) is 49.8 Å². The molecule has 1 atom stereocenters. The molecule has 38 heavy (non-hydrogen) atoms. The zero-order chi connectivity index (χ0) is 27.3. The van der Waals surface area contributed by atoms with Crippen LogP contribution in [-0.2, 0) is 25.7 Å². The van der Waals surface area contributed by atoms with Crippen LogP contribution in [0.2, 0.25) is 0 Å². The van der Waals surface area contributed by atoms with E-state index in [1.54, 1.807) is 45.0 Å². The maximum absolute atomic E-state index is 13.1. The molecule has 1 aliphatic carbocycles. The fraction of sp³-hybridized carbons (Fsp3) is 0.300. The highest BCUT2D eigenvalue weighted by molar-refractivity contribution is 5.98. The maximum Gasteiger partial charge on any atom is 0.407 e. The molecule has 0 saturated carbocycles. The Bertz CT molecular complexity index is 1270. The smallest absolute Gasteiger partial charge is 0.407 e. The molecule has 0 heterocycles. The van der Waals surface area contributed by atoms with Crippen LogP contribution in [0.15, 0.2) is 72.8 Å². The lowest BCUT2D eigenvalue weighted by Gasteiger charge is -2.23. The molecule has 0 saturated heterocycles. The van der Waals surface area contributed by atoms with E-state index in [9.17, 15) is 19.5 Å². The summed E-state index contributed by atoms with van der Waals surface area (Å²) < 4.78 is 10.9. The van der Waals surface area contributed by atoms with Crippen LogP contribution in [0.5, 0.6) is 0 Å². The zero-order valence-electron chi connectivity index (χ0n) is 21.7. The molecule has 1 aliphatic rings. The van der Waals surface area contributed by atoms with Crippen LogP contribution in [0.4, 0.5) is 10.5 Å². The van der Waals surface area contributed by atoms with E-state index in [0.717, 1.165) is 22.3 Å². The minimum absolute atomic E-state index is 0.0727. The Hall–Kier alpha value is -4.17. The molecule has 2 amide bonds. The van der Waals surface area contributed by atoms with Crippen molar-refractivity contribution in [2.45, 2.75) is 51.4 Å². The number of fused-ring (bicyclic) bond motifs is 3. The molecular formula is C30H32N2O6. The predicted molar refractivity (Wildman–Crippen MR) is 143 cm³/mol. The molecule has 0 bridgehead atoms. The fourth-order valence-corrected chi connectivity index (χ4v) is 4.46. The largest absolute Gasteiger partial charge is 0.460 e. The average Bonchev–Trinajstić information content (AvgIpc) is 3.20. The third kappa shape index (κ3) is 6.58. The van der Waals surface area contributed by atoms with Gasteiger partial charge < -0.3 is 25.2 Å². The summed E-state index contributed by atoms with van der Waals surface area (Å²) in [7, 11) is 0. The van der Waals surface area contributed by atoms with Crippen molar-refractivity contribution in [1.29, 1.82) is 0 Å². The third-order valence-corrected chi connectivity index (χ3v) is 6.15. The number of aliphatic hydroxyl groups is 1. The van der Waals surface area contributed by atoms with Gasteiger partial charge in [0.1, 0.15) is 18.2 Å². The number of alkyl carbamates (subject to hydrolysis) is 1. The highest BCUT2D eigenvalue weighted by atomic mass is 16.6. The van der Waals surface area contributed by atoms with Gasteiger partial charge in [-0.15, -0.1) is 0 Å². The van der Waals surface area contributed by atoms with Gasteiger partial charge in [-0.1, -0.05) is 60.7 Å². The average molecular weight is 517 g/mol. The molecule has 8 nitrogen and oxygen atoms in total. The van der Waals surface area contributed by atoms with Crippen LogP contribution in [0.25, 0.3) is 11.1 Å². The summed E-state index contributed by atoms with van der Waals surface area (Å²) in [6, 6.07) is 21.3. The number of benzene rings is 3. The van der Waals surface area contributed by atoms with Gasteiger partial charge in [0.2, 0.25) is 5.91 Å². The van der Waals surface area contributed by atoms with Crippen LogP contribution >= 0.6 is 0 Å². The number of nitrogens with one attached hydrogen (secondary N) is 2. The molecule has 8 heteroatoms. The van der Waals surface area contributed by atoms with Crippen LogP contribution < -0.4 is 10.6 Å². The monoisotopic (exact) mass is 516 g/mol. The number of rotatable bonds is 8. The van der Waals surface area contributed by atoms with Crippen molar-refractivity contribution in [3.63, 3.8) is 0 Å². The van der Waals surface area contributed by atoms with Gasteiger partial charge in [-0.05, 0) is 60.7 Å². The molecule has 0 spiro atoms.